The van der Waals surface area contributed by atoms with E-state index in [0.717, 1.165) is 45.1 Å². The number of likely N-dealkylation sites (tertiary alicyclic amines) is 1. The van der Waals surface area contributed by atoms with E-state index >= 15 is 0 Å². The van der Waals surface area contributed by atoms with Gasteiger partial charge in [-0.2, -0.15) is 0 Å². The first kappa shape index (κ1) is 47.7. The van der Waals surface area contributed by atoms with Crippen molar-refractivity contribution >= 4 is 41.9 Å². The molecular weight excluding hydrogens is 629 g/mol. The minimum atomic E-state index is -0.709. The minimum absolute atomic E-state index is 0.0118. The molecule has 4 amide bonds. The summed E-state index contributed by atoms with van der Waals surface area (Å²) >= 11 is 1.62. The van der Waals surface area contributed by atoms with Crippen LogP contribution in [0, 0.1) is 16.7 Å². The second-order valence-corrected chi connectivity index (χ2v) is 15.4. The van der Waals surface area contributed by atoms with Gasteiger partial charge in [0.25, 0.3) is 5.91 Å². The summed E-state index contributed by atoms with van der Waals surface area (Å²) in [5, 5.41) is 11.0. The fourth-order valence-corrected chi connectivity index (χ4v) is 4.80. The van der Waals surface area contributed by atoms with Gasteiger partial charge in [-0.3, -0.25) is 23.6 Å². The number of carbonyl (C=O) groups excluding carboxylic acids is 5. The van der Waals surface area contributed by atoms with E-state index in [1.165, 1.54) is 12.5 Å². The number of ketones is 1. The maximum atomic E-state index is 12.4. The molecule has 0 aromatic carbocycles. The van der Waals surface area contributed by atoms with Gasteiger partial charge in [0.1, 0.15) is 6.29 Å². The van der Waals surface area contributed by atoms with E-state index in [9.17, 15) is 24.0 Å². The van der Waals surface area contributed by atoms with Crippen LogP contribution in [0.2, 0.25) is 0 Å². The van der Waals surface area contributed by atoms with Crippen molar-refractivity contribution in [2.45, 2.75) is 132 Å². The van der Waals surface area contributed by atoms with Gasteiger partial charge in [-0.15, -0.1) is 6.58 Å². The van der Waals surface area contributed by atoms with Gasteiger partial charge < -0.3 is 26.1 Å². The van der Waals surface area contributed by atoms with Crippen LogP contribution in [0.1, 0.15) is 108 Å². The van der Waals surface area contributed by atoms with Gasteiger partial charge in [0.05, 0.1) is 18.1 Å². The van der Waals surface area contributed by atoms with Crippen molar-refractivity contribution in [3.8, 4) is 0 Å². The number of Topliss-reactive ketones (excluding diaryl/α,β-unsaturated/α-hetero) is 1. The minimum Gasteiger partial charge on any atom is -0.346 e. The molecule has 4 unspecified atom stereocenters. The summed E-state index contributed by atoms with van der Waals surface area (Å²) in [6, 6.07) is -1.71. The largest absolute Gasteiger partial charge is 0.346 e. The normalized spacial score (nSPS) is 17.8. The van der Waals surface area contributed by atoms with Crippen molar-refractivity contribution in [2.75, 3.05) is 40.0 Å². The number of aldehydes is 1. The van der Waals surface area contributed by atoms with Gasteiger partial charge in [-0.05, 0) is 62.9 Å². The Labute approximate surface area is 297 Å². The molecule has 0 aromatic heterocycles. The van der Waals surface area contributed by atoms with Gasteiger partial charge in [-0.25, -0.2) is 4.79 Å². The van der Waals surface area contributed by atoms with E-state index in [2.05, 4.69) is 66.8 Å². The number of hydrogen-bond acceptors (Lipinski definition) is 8. The Morgan fingerprint density at radius 2 is 1.54 bits per heavy atom. The highest BCUT2D eigenvalue weighted by Crippen LogP contribution is 2.34. The van der Waals surface area contributed by atoms with Crippen LogP contribution in [0.4, 0.5) is 4.79 Å². The highest BCUT2D eigenvalue weighted by molar-refractivity contribution is 7.96. The fourth-order valence-electron chi connectivity index (χ4n) is 4.50. The highest BCUT2D eigenvalue weighted by Gasteiger charge is 2.36. The molecule has 0 aromatic rings. The fraction of sp³-hybridized carbons (Fsp3) is 0.806. The lowest BCUT2D eigenvalue weighted by Crippen LogP contribution is -2.55. The zero-order chi connectivity index (χ0) is 37.7. The first-order valence-corrected chi connectivity index (χ1v) is 18.7. The Kier molecular flexibility index (Phi) is 24.5. The molecule has 11 nitrogen and oxygen atoms in total. The van der Waals surface area contributed by atoms with Crippen LogP contribution in [-0.2, 0) is 19.2 Å². The van der Waals surface area contributed by atoms with E-state index in [-0.39, 0.29) is 41.4 Å². The second kappa shape index (κ2) is 24.7. The van der Waals surface area contributed by atoms with Crippen molar-refractivity contribution < 1.29 is 24.0 Å². The van der Waals surface area contributed by atoms with Crippen LogP contribution in [0.3, 0.4) is 0 Å². The quantitative estimate of drug-likeness (QED) is 0.0840. The molecule has 1 heterocycles. The molecular formula is C36H70N6O5S. The monoisotopic (exact) mass is 699 g/mol. The van der Waals surface area contributed by atoms with E-state index in [0.29, 0.717) is 12.3 Å². The van der Waals surface area contributed by atoms with Crippen molar-refractivity contribution in [3.63, 3.8) is 0 Å². The van der Waals surface area contributed by atoms with E-state index in [4.69, 9.17) is 0 Å². The van der Waals surface area contributed by atoms with Crippen molar-refractivity contribution in [2.24, 2.45) is 16.7 Å². The summed E-state index contributed by atoms with van der Waals surface area (Å²) < 4.78 is 2.08. The van der Waals surface area contributed by atoms with Gasteiger partial charge >= 0.3 is 6.03 Å². The smallest absolute Gasteiger partial charge is 0.315 e. The predicted octanol–water partition coefficient (Wildman–Crippen LogP) is 5.20. The number of likely N-dealkylation sites (N-methyl/N-ethyl adjacent to an activating group) is 2. The summed E-state index contributed by atoms with van der Waals surface area (Å²) in [5.41, 5.74) is -0.369. The van der Waals surface area contributed by atoms with Crippen LogP contribution in [0.25, 0.3) is 0 Å². The number of nitrogens with one attached hydrogen (secondary N) is 4. The summed E-state index contributed by atoms with van der Waals surface area (Å²) in [4.78, 5) is 61.8. The van der Waals surface area contributed by atoms with Crippen LogP contribution < -0.4 is 21.3 Å². The molecule has 0 bridgehead atoms. The highest BCUT2D eigenvalue weighted by atomic mass is 32.2. The Bertz CT molecular complexity index is 977. The first-order valence-electron chi connectivity index (χ1n) is 17.6. The van der Waals surface area contributed by atoms with E-state index < -0.39 is 23.8 Å². The zero-order valence-corrected chi connectivity index (χ0v) is 33.3. The molecule has 1 aliphatic heterocycles. The van der Waals surface area contributed by atoms with Gasteiger partial charge in [0, 0.05) is 19.1 Å². The first-order chi connectivity index (χ1) is 22.4. The molecule has 2 aliphatic rings. The molecule has 1 aliphatic carbocycles. The van der Waals surface area contributed by atoms with E-state index in [1.807, 2.05) is 59.9 Å². The lowest BCUT2D eigenvalue weighted by molar-refractivity contribution is -0.140. The number of amides is 4. The molecule has 48 heavy (non-hydrogen) atoms. The second-order valence-electron chi connectivity index (χ2n) is 14.5. The topological polar surface area (TPSA) is 140 Å². The average molecular weight is 699 g/mol. The number of carbonyl (C=O) groups is 5. The molecule has 2 fully saturated rings. The number of rotatable bonds is 14. The van der Waals surface area contributed by atoms with Crippen LogP contribution in [0.15, 0.2) is 12.7 Å². The standard InChI is InChI=1S/C16H25N3O3.C15H31N3O2S.C3H8.C2H6/c1-3-8-17-16(22)14(20)12(10-11-6-7-11)18-15(21)13-5-4-9-19(13)2;1-14(2,3)11(9-18(7)21-8)16-13(20)17-12(10-19)15(4,5)6;1-3-2;1-2/h3,11-13H,1,4-10H2,2H3,(H,17,22)(H,18,21);10-12H,9H2,1-8H3,(H2,16,17,20);3H2,1-2H3;1-2H3. The van der Waals surface area contributed by atoms with E-state index in [1.54, 1.807) is 11.9 Å². The lowest BCUT2D eigenvalue weighted by atomic mass is 9.86. The molecule has 4 N–H and O–H groups in total. The summed E-state index contributed by atoms with van der Waals surface area (Å²) in [7, 11) is 3.90. The Hall–Kier alpha value is -2.44. The Morgan fingerprint density at radius 3 is 1.94 bits per heavy atom. The number of hydrogen-bond donors (Lipinski definition) is 4. The number of nitrogens with zero attached hydrogens (tertiary/aromatic N) is 2. The van der Waals surface area contributed by atoms with Crippen molar-refractivity contribution in [3.05, 3.63) is 12.7 Å². The third kappa shape index (κ3) is 20.2. The number of urea groups is 1. The maximum absolute atomic E-state index is 12.4. The molecule has 1 saturated carbocycles. The zero-order valence-electron chi connectivity index (χ0n) is 32.5. The van der Waals surface area contributed by atoms with Crippen LogP contribution >= 0.6 is 11.9 Å². The predicted molar refractivity (Wildman–Crippen MR) is 201 cm³/mol. The Balaban J connectivity index is 0. The van der Waals surface area contributed by atoms with Crippen LogP contribution in [-0.4, -0.2) is 103 Å². The third-order valence-corrected chi connectivity index (χ3v) is 8.58. The molecule has 12 heteroatoms. The summed E-state index contributed by atoms with van der Waals surface area (Å²) in [6.45, 7) is 25.7. The summed E-state index contributed by atoms with van der Waals surface area (Å²) in [5.74, 6) is -0.897. The Morgan fingerprint density at radius 1 is 0.979 bits per heavy atom. The SMILES string of the molecule is C=CCNC(=O)C(=O)C(CC1CC1)NC(=O)C1CCCN1C.CC.CCC.CSN(C)CC(NC(=O)NC(C=O)C(C)(C)C)C(C)(C)C. The lowest BCUT2D eigenvalue weighted by Gasteiger charge is -2.35. The third-order valence-electron chi connectivity index (χ3n) is 7.81. The van der Waals surface area contributed by atoms with Gasteiger partial charge in [0.15, 0.2) is 0 Å². The molecule has 0 spiro atoms. The summed E-state index contributed by atoms with van der Waals surface area (Å²) in [6.07, 6.45) is 10.0. The molecule has 1 saturated heterocycles. The molecule has 0 radical (unpaired) electrons. The van der Waals surface area contributed by atoms with Gasteiger partial charge in [-0.1, -0.05) is 107 Å². The van der Waals surface area contributed by atoms with Crippen molar-refractivity contribution in [1.82, 2.24) is 30.5 Å². The average Bonchev–Trinajstić information content (AvgIpc) is 3.73. The molecule has 2 rings (SSSR count). The van der Waals surface area contributed by atoms with Crippen LogP contribution in [0.5, 0.6) is 0 Å². The molecule has 4 atom stereocenters. The maximum Gasteiger partial charge on any atom is 0.315 e. The van der Waals surface area contributed by atoms with Crippen molar-refractivity contribution in [1.29, 1.82) is 0 Å². The van der Waals surface area contributed by atoms with Gasteiger partial charge in [0.2, 0.25) is 11.7 Å². The molecule has 280 valence electrons.